The van der Waals surface area contributed by atoms with Crippen LogP contribution in [-0.2, 0) is 9.63 Å². The number of amides is 1. The molecule has 60 valence electrons. The van der Waals surface area contributed by atoms with Crippen molar-refractivity contribution in [1.82, 2.24) is 0 Å². The first-order valence-corrected chi connectivity index (χ1v) is 2.73. The lowest BCUT2D eigenvalue weighted by atomic mass is 10.4. The van der Waals surface area contributed by atoms with E-state index < -0.39 is 11.6 Å². The number of carbonyl (C=O) groups excluding carboxylic acids is 1. The molecule has 0 rings (SSSR count). The Balaban J connectivity index is 3.95. The van der Waals surface area contributed by atoms with Crippen molar-refractivity contribution in [3.63, 3.8) is 0 Å². The summed E-state index contributed by atoms with van der Waals surface area (Å²) in [5.74, 6) is -0.953. The normalized spacial score (nSPS) is 10.4. The number of hydrogen-bond donors (Lipinski definition) is 2. The molecule has 11 heavy (non-hydrogen) atoms. The molecule has 6 heteroatoms. The van der Waals surface area contributed by atoms with Crippen LogP contribution < -0.4 is 5.73 Å². The highest BCUT2D eigenvalue weighted by Gasteiger charge is 2.04. The van der Waals surface area contributed by atoms with Gasteiger partial charge in [0.1, 0.15) is 12.7 Å². The number of carbonyl (C=O) groups is 1. The highest BCUT2D eigenvalue weighted by Crippen LogP contribution is 1.79. The Morgan fingerprint density at radius 3 is 2.82 bits per heavy atom. The summed E-state index contributed by atoms with van der Waals surface area (Å²) in [6.45, 7) is -0.306. The van der Waals surface area contributed by atoms with Gasteiger partial charge < -0.3 is 15.7 Å². The van der Waals surface area contributed by atoms with E-state index in [1.54, 1.807) is 0 Å². The number of primary amides is 1. The molecule has 0 aliphatic rings. The molecule has 0 radical (unpaired) electrons. The number of aliphatic hydroxyl groups excluding tert-OH is 1. The van der Waals surface area contributed by atoms with Crippen LogP contribution in [0.15, 0.2) is 5.16 Å². The first-order valence-electron chi connectivity index (χ1n) is 2.73. The number of hydrogen-bond acceptors (Lipinski definition) is 5. The summed E-state index contributed by atoms with van der Waals surface area (Å²) in [4.78, 5) is 14.6. The fraction of sp³-hybridized carbons (Fsp3) is 0.400. The van der Waals surface area contributed by atoms with Crippen LogP contribution in [0.25, 0.3) is 0 Å². The van der Waals surface area contributed by atoms with E-state index >= 15 is 0 Å². The molecule has 0 aromatic heterocycles. The Kier molecular flexibility index (Phi) is 4.44. The summed E-state index contributed by atoms with van der Waals surface area (Å²) in [5.41, 5.74) is 4.18. The van der Waals surface area contributed by atoms with Gasteiger partial charge in [-0.3, -0.25) is 4.79 Å². The first-order chi connectivity index (χ1) is 5.22. The van der Waals surface area contributed by atoms with Gasteiger partial charge in [-0.25, -0.2) is 0 Å². The van der Waals surface area contributed by atoms with Crippen molar-refractivity contribution < 1.29 is 14.7 Å². The average molecular weight is 157 g/mol. The number of oxime groups is 1. The fourth-order valence-corrected chi connectivity index (χ4v) is 0.272. The number of rotatable bonds is 4. The van der Waals surface area contributed by atoms with Crippen LogP contribution in [0, 0.1) is 11.3 Å². The molecular formula is C5H7N3O3. The largest absolute Gasteiger partial charge is 0.393 e. The Bertz CT molecular complexity index is 206. The SMILES string of the molecule is N#C/C(=N\OCCO)C(N)=O. The molecule has 3 N–H and O–H groups in total. The summed E-state index contributed by atoms with van der Waals surface area (Å²) in [7, 11) is 0. The molecule has 1 amide bonds. The molecule has 6 nitrogen and oxygen atoms in total. The second-order valence-electron chi connectivity index (χ2n) is 1.47. The number of nitriles is 1. The minimum atomic E-state index is -0.953. The molecule has 0 heterocycles. The van der Waals surface area contributed by atoms with Crippen LogP contribution in [0.4, 0.5) is 0 Å². The quantitative estimate of drug-likeness (QED) is 0.289. The molecule has 0 aliphatic heterocycles. The lowest BCUT2D eigenvalue weighted by molar-refractivity contribution is -0.112. The number of nitrogens with zero attached hydrogens (tertiary/aromatic N) is 2. The predicted octanol–water partition coefficient (Wildman–Crippen LogP) is -1.64. The van der Waals surface area contributed by atoms with E-state index in [1.807, 2.05) is 0 Å². The maximum Gasteiger partial charge on any atom is 0.281 e. The van der Waals surface area contributed by atoms with Gasteiger partial charge in [0.05, 0.1) is 6.61 Å². The Labute approximate surface area is 62.9 Å². The van der Waals surface area contributed by atoms with Gasteiger partial charge in [0.15, 0.2) is 0 Å². The monoisotopic (exact) mass is 157 g/mol. The fourth-order valence-electron chi connectivity index (χ4n) is 0.272. The minimum Gasteiger partial charge on any atom is -0.393 e. The molecule has 0 aromatic carbocycles. The van der Waals surface area contributed by atoms with Gasteiger partial charge >= 0.3 is 0 Å². The van der Waals surface area contributed by atoms with Crippen molar-refractivity contribution >= 4 is 11.6 Å². The van der Waals surface area contributed by atoms with E-state index in [9.17, 15) is 4.79 Å². The van der Waals surface area contributed by atoms with Crippen molar-refractivity contribution in [2.24, 2.45) is 10.9 Å². The third kappa shape index (κ3) is 3.89. The predicted molar refractivity (Wildman–Crippen MR) is 35.3 cm³/mol. The molecule has 0 bridgehead atoms. The molecule has 0 saturated carbocycles. The van der Waals surface area contributed by atoms with Crippen molar-refractivity contribution in [2.45, 2.75) is 0 Å². The first kappa shape index (κ1) is 9.39. The average Bonchev–Trinajstić information content (AvgIpc) is 1.97. The van der Waals surface area contributed by atoms with Crippen molar-refractivity contribution in [1.29, 1.82) is 5.26 Å². The lowest BCUT2D eigenvalue weighted by Gasteiger charge is -1.93. The third-order valence-corrected chi connectivity index (χ3v) is 0.678. The zero-order chi connectivity index (χ0) is 8.69. The van der Waals surface area contributed by atoms with Gasteiger partial charge in [-0.15, -0.1) is 0 Å². The van der Waals surface area contributed by atoms with Crippen LogP contribution in [0.1, 0.15) is 0 Å². The van der Waals surface area contributed by atoms with Crippen LogP contribution in [0.5, 0.6) is 0 Å². The molecule has 0 spiro atoms. The smallest absolute Gasteiger partial charge is 0.281 e. The van der Waals surface area contributed by atoms with Gasteiger partial charge in [-0.05, 0) is 0 Å². The standard InChI is InChI=1S/C5H7N3O3/c6-3-4(5(7)10)8-11-2-1-9/h9H,1-2H2,(H2,7,10)/b8-4+. The van der Waals surface area contributed by atoms with Gasteiger partial charge in [0.2, 0.25) is 5.71 Å². The minimum absolute atomic E-state index is 0.0710. The van der Waals surface area contributed by atoms with Crippen LogP contribution >= 0.6 is 0 Å². The highest BCUT2D eigenvalue weighted by molar-refractivity contribution is 6.44. The van der Waals surface area contributed by atoms with Gasteiger partial charge in [-0.1, -0.05) is 5.16 Å². The topological polar surface area (TPSA) is 109 Å². The van der Waals surface area contributed by atoms with Gasteiger partial charge in [-0.2, -0.15) is 5.26 Å². The van der Waals surface area contributed by atoms with Crippen LogP contribution in [0.3, 0.4) is 0 Å². The third-order valence-electron chi connectivity index (χ3n) is 0.678. The summed E-state index contributed by atoms with van der Waals surface area (Å²) in [5, 5.41) is 19.4. The van der Waals surface area contributed by atoms with E-state index in [0.29, 0.717) is 0 Å². The van der Waals surface area contributed by atoms with Crippen molar-refractivity contribution in [2.75, 3.05) is 13.2 Å². The number of aliphatic hydroxyl groups is 1. The van der Waals surface area contributed by atoms with Crippen molar-refractivity contribution in [3.8, 4) is 6.07 Å². The second kappa shape index (κ2) is 5.20. The molecule has 0 atom stereocenters. The van der Waals surface area contributed by atoms with E-state index in [4.69, 9.17) is 16.1 Å². The van der Waals surface area contributed by atoms with Gasteiger partial charge in [0, 0.05) is 0 Å². The maximum atomic E-state index is 10.3. The molecule has 0 saturated heterocycles. The lowest BCUT2D eigenvalue weighted by Crippen LogP contribution is -2.22. The molecule has 0 aromatic rings. The Hall–Kier alpha value is -1.61. The summed E-state index contributed by atoms with van der Waals surface area (Å²) >= 11 is 0. The zero-order valence-electron chi connectivity index (χ0n) is 5.65. The Morgan fingerprint density at radius 2 is 2.45 bits per heavy atom. The summed E-state index contributed by atoms with van der Waals surface area (Å²) in [6, 6.07) is 1.43. The van der Waals surface area contributed by atoms with Crippen molar-refractivity contribution in [3.05, 3.63) is 0 Å². The van der Waals surface area contributed by atoms with Crippen LogP contribution in [0.2, 0.25) is 0 Å². The zero-order valence-corrected chi connectivity index (χ0v) is 5.65. The van der Waals surface area contributed by atoms with E-state index in [-0.39, 0.29) is 13.2 Å². The second-order valence-corrected chi connectivity index (χ2v) is 1.47. The molecule has 0 unspecified atom stereocenters. The van der Waals surface area contributed by atoms with Gasteiger partial charge in [0.25, 0.3) is 5.91 Å². The maximum absolute atomic E-state index is 10.3. The van der Waals surface area contributed by atoms with E-state index in [1.165, 1.54) is 6.07 Å². The van der Waals surface area contributed by atoms with E-state index in [0.717, 1.165) is 0 Å². The van der Waals surface area contributed by atoms with E-state index in [2.05, 4.69) is 9.99 Å². The highest BCUT2D eigenvalue weighted by atomic mass is 16.6. The summed E-state index contributed by atoms with van der Waals surface area (Å²) in [6.07, 6.45) is 0. The summed E-state index contributed by atoms with van der Waals surface area (Å²) < 4.78 is 0. The molecule has 0 fully saturated rings. The number of nitrogens with two attached hydrogens (primary N) is 1. The molecule has 0 aliphatic carbocycles. The Morgan fingerprint density at radius 1 is 1.82 bits per heavy atom. The molecular weight excluding hydrogens is 150 g/mol. The van der Waals surface area contributed by atoms with Crippen LogP contribution in [-0.4, -0.2) is 29.9 Å².